The molecule has 1 aromatic heterocycles. The molecule has 2 aromatic carbocycles. The number of imidazole rings is 1. The molecule has 0 spiro atoms. The Labute approximate surface area is 158 Å². The number of benzene rings is 2. The molecule has 4 rings (SSSR count). The minimum atomic E-state index is 0.0690. The highest BCUT2D eigenvalue weighted by Crippen LogP contribution is 2.41. The number of aryl methyl sites for hydroxylation is 2. The van der Waals surface area contributed by atoms with Gasteiger partial charge in [-0.1, -0.05) is 53.7 Å². The third kappa shape index (κ3) is 3.63. The quantitative estimate of drug-likeness (QED) is 0.665. The molecule has 0 radical (unpaired) electrons. The van der Waals surface area contributed by atoms with Crippen LogP contribution in [0.5, 0.6) is 0 Å². The van der Waals surface area contributed by atoms with Crippen molar-refractivity contribution < 1.29 is 4.79 Å². The van der Waals surface area contributed by atoms with E-state index < -0.39 is 0 Å². The van der Waals surface area contributed by atoms with Crippen LogP contribution in [-0.4, -0.2) is 21.2 Å². The monoisotopic (exact) mass is 365 g/mol. The molecular weight excluding hydrogens is 342 g/mol. The zero-order chi connectivity index (χ0) is 18.1. The van der Waals surface area contributed by atoms with E-state index in [9.17, 15) is 4.79 Å². The molecule has 134 valence electrons. The molecule has 1 amide bonds. The standard InChI is InChI=1S/C21H23N3OS/c1-14-7-9-15(10-8-14)20(16-11-12-16)23-19(25)13-26-21-22-17-5-3-4-6-18(17)24(21)2/h3-10,16,20H,11-13H2,1-2H3,(H,23,25). The van der Waals surface area contributed by atoms with Crippen molar-refractivity contribution in [2.75, 3.05) is 5.75 Å². The summed E-state index contributed by atoms with van der Waals surface area (Å²) in [6.07, 6.45) is 2.38. The molecular formula is C21H23N3OS. The lowest BCUT2D eigenvalue weighted by Crippen LogP contribution is -2.31. The van der Waals surface area contributed by atoms with Gasteiger partial charge in [0.1, 0.15) is 0 Å². The van der Waals surface area contributed by atoms with Crippen molar-refractivity contribution in [1.29, 1.82) is 0 Å². The van der Waals surface area contributed by atoms with Gasteiger partial charge in [0.25, 0.3) is 0 Å². The Morgan fingerprint density at radius 2 is 1.96 bits per heavy atom. The third-order valence-corrected chi connectivity index (χ3v) is 5.95. The van der Waals surface area contributed by atoms with Crippen LogP contribution in [0.25, 0.3) is 11.0 Å². The van der Waals surface area contributed by atoms with Gasteiger partial charge in [-0.25, -0.2) is 4.98 Å². The van der Waals surface area contributed by atoms with E-state index in [2.05, 4.69) is 41.5 Å². The van der Waals surface area contributed by atoms with Crippen molar-refractivity contribution in [1.82, 2.24) is 14.9 Å². The summed E-state index contributed by atoms with van der Waals surface area (Å²) >= 11 is 1.49. The number of rotatable bonds is 6. The molecule has 0 aliphatic heterocycles. The molecule has 4 nitrogen and oxygen atoms in total. The van der Waals surface area contributed by atoms with Crippen molar-refractivity contribution in [2.45, 2.75) is 31.0 Å². The number of thioether (sulfide) groups is 1. The molecule has 1 saturated carbocycles. The Morgan fingerprint density at radius 1 is 1.23 bits per heavy atom. The molecule has 0 saturated heterocycles. The molecule has 26 heavy (non-hydrogen) atoms. The van der Waals surface area contributed by atoms with Gasteiger partial charge in [-0.15, -0.1) is 0 Å². The zero-order valence-corrected chi connectivity index (χ0v) is 15.9. The zero-order valence-electron chi connectivity index (χ0n) is 15.1. The Morgan fingerprint density at radius 3 is 2.65 bits per heavy atom. The van der Waals surface area contributed by atoms with Crippen LogP contribution in [0.4, 0.5) is 0 Å². The molecule has 1 aliphatic carbocycles. The molecule has 1 unspecified atom stereocenters. The first-order valence-corrected chi connectivity index (χ1v) is 10.0. The fraction of sp³-hybridized carbons (Fsp3) is 0.333. The minimum Gasteiger partial charge on any atom is -0.348 e. The van der Waals surface area contributed by atoms with Gasteiger partial charge in [0.05, 0.1) is 22.8 Å². The molecule has 0 bridgehead atoms. The second kappa shape index (κ2) is 7.16. The van der Waals surface area contributed by atoms with Crippen LogP contribution in [0, 0.1) is 12.8 Å². The molecule has 1 fully saturated rings. The summed E-state index contributed by atoms with van der Waals surface area (Å²) in [6, 6.07) is 16.7. The highest BCUT2D eigenvalue weighted by Gasteiger charge is 2.33. The van der Waals surface area contributed by atoms with Crippen LogP contribution in [0.2, 0.25) is 0 Å². The molecule has 3 aromatic rings. The summed E-state index contributed by atoms with van der Waals surface area (Å²) in [5.41, 5.74) is 4.51. The number of para-hydroxylation sites is 2. The number of fused-ring (bicyclic) bond motifs is 1. The number of hydrogen-bond donors (Lipinski definition) is 1. The number of carbonyl (C=O) groups is 1. The predicted molar refractivity (Wildman–Crippen MR) is 106 cm³/mol. The largest absolute Gasteiger partial charge is 0.348 e. The van der Waals surface area contributed by atoms with Crippen molar-refractivity contribution in [3.8, 4) is 0 Å². The van der Waals surface area contributed by atoms with Gasteiger partial charge in [0.2, 0.25) is 5.91 Å². The lowest BCUT2D eigenvalue weighted by atomic mass is 10.0. The van der Waals surface area contributed by atoms with E-state index >= 15 is 0 Å². The van der Waals surface area contributed by atoms with Crippen LogP contribution in [0.1, 0.15) is 30.0 Å². The first kappa shape index (κ1) is 17.2. The van der Waals surface area contributed by atoms with E-state index in [-0.39, 0.29) is 11.9 Å². The lowest BCUT2D eigenvalue weighted by molar-refractivity contribution is -0.119. The van der Waals surface area contributed by atoms with E-state index in [1.807, 2.05) is 35.9 Å². The second-order valence-electron chi connectivity index (χ2n) is 7.02. The average molecular weight is 366 g/mol. The van der Waals surface area contributed by atoms with E-state index in [1.54, 1.807) is 0 Å². The Bertz CT molecular complexity index is 928. The number of aromatic nitrogens is 2. The SMILES string of the molecule is Cc1ccc(C(NC(=O)CSc2nc3ccccc3n2C)C2CC2)cc1. The summed E-state index contributed by atoms with van der Waals surface area (Å²) in [7, 11) is 1.99. The normalized spacial score (nSPS) is 15.2. The van der Waals surface area contributed by atoms with Crippen LogP contribution in [-0.2, 0) is 11.8 Å². The van der Waals surface area contributed by atoms with Crippen molar-refractivity contribution >= 4 is 28.7 Å². The number of nitrogens with one attached hydrogen (secondary N) is 1. The molecule has 1 aliphatic rings. The highest BCUT2D eigenvalue weighted by atomic mass is 32.2. The van der Waals surface area contributed by atoms with Gasteiger partial charge >= 0.3 is 0 Å². The third-order valence-electron chi connectivity index (χ3n) is 4.92. The van der Waals surface area contributed by atoms with E-state index in [0.29, 0.717) is 11.7 Å². The van der Waals surface area contributed by atoms with Gasteiger partial charge in [-0.2, -0.15) is 0 Å². The second-order valence-corrected chi connectivity index (χ2v) is 7.97. The number of carbonyl (C=O) groups excluding carboxylic acids is 1. The molecule has 1 heterocycles. The summed E-state index contributed by atoms with van der Waals surface area (Å²) < 4.78 is 2.05. The Hall–Kier alpha value is -2.27. The summed E-state index contributed by atoms with van der Waals surface area (Å²) in [6.45, 7) is 2.09. The molecule has 1 atom stereocenters. The maximum atomic E-state index is 12.6. The van der Waals surface area contributed by atoms with Gasteiger partial charge in [-0.05, 0) is 43.4 Å². The fourth-order valence-corrected chi connectivity index (χ4v) is 4.07. The number of hydrogen-bond acceptors (Lipinski definition) is 3. The lowest BCUT2D eigenvalue weighted by Gasteiger charge is -2.19. The van der Waals surface area contributed by atoms with Gasteiger partial charge in [-0.3, -0.25) is 4.79 Å². The van der Waals surface area contributed by atoms with Crippen LogP contribution in [0.3, 0.4) is 0 Å². The summed E-state index contributed by atoms with van der Waals surface area (Å²) in [4.78, 5) is 17.2. The van der Waals surface area contributed by atoms with Crippen LogP contribution in [0.15, 0.2) is 53.7 Å². The van der Waals surface area contributed by atoms with E-state index in [1.165, 1.54) is 35.7 Å². The number of amides is 1. The van der Waals surface area contributed by atoms with Crippen LogP contribution < -0.4 is 5.32 Å². The summed E-state index contributed by atoms with van der Waals surface area (Å²) in [5, 5.41) is 4.12. The average Bonchev–Trinajstić information content (AvgIpc) is 3.44. The smallest absolute Gasteiger partial charge is 0.230 e. The Kier molecular flexibility index (Phi) is 4.72. The van der Waals surface area contributed by atoms with Crippen molar-refractivity contribution in [3.63, 3.8) is 0 Å². The van der Waals surface area contributed by atoms with Gasteiger partial charge < -0.3 is 9.88 Å². The Balaban J connectivity index is 1.42. The van der Waals surface area contributed by atoms with Crippen molar-refractivity contribution in [3.05, 3.63) is 59.7 Å². The highest BCUT2D eigenvalue weighted by molar-refractivity contribution is 7.99. The predicted octanol–water partition coefficient (Wildman–Crippen LogP) is 4.24. The van der Waals surface area contributed by atoms with Gasteiger partial charge in [0.15, 0.2) is 5.16 Å². The first-order valence-electron chi connectivity index (χ1n) is 9.02. The fourth-order valence-electron chi connectivity index (χ4n) is 3.27. The van der Waals surface area contributed by atoms with E-state index in [0.717, 1.165) is 16.2 Å². The minimum absolute atomic E-state index is 0.0690. The maximum Gasteiger partial charge on any atom is 0.230 e. The van der Waals surface area contributed by atoms with Crippen molar-refractivity contribution in [2.24, 2.45) is 13.0 Å². The van der Waals surface area contributed by atoms with E-state index in [4.69, 9.17) is 0 Å². The van der Waals surface area contributed by atoms with Gasteiger partial charge in [0, 0.05) is 7.05 Å². The number of nitrogens with zero attached hydrogens (tertiary/aromatic N) is 2. The topological polar surface area (TPSA) is 46.9 Å². The summed E-state index contributed by atoms with van der Waals surface area (Å²) in [5.74, 6) is 1.02. The molecule has 1 N–H and O–H groups in total. The van der Waals surface area contributed by atoms with Crippen LogP contribution >= 0.6 is 11.8 Å². The first-order chi connectivity index (χ1) is 12.6. The maximum absolute atomic E-state index is 12.6. The molecule has 5 heteroatoms.